The van der Waals surface area contributed by atoms with Gasteiger partial charge < -0.3 is 25.4 Å². The molecule has 1 aromatic heterocycles. The number of benzene rings is 1. The zero-order chi connectivity index (χ0) is 26.9. The summed E-state index contributed by atoms with van der Waals surface area (Å²) in [5, 5.41) is 35.4. The van der Waals surface area contributed by atoms with Gasteiger partial charge in [0.05, 0.1) is 22.3 Å². The van der Waals surface area contributed by atoms with Crippen molar-refractivity contribution in [2.24, 2.45) is 5.92 Å². The van der Waals surface area contributed by atoms with E-state index in [1.165, 1.54) is 34.9 Å². The molecule has 2 saturated heterocycles. The van der Waals surface area contributed by atoms with Crippen molar-refractivity contribution in [3.8, 4) is 0 Å². The van der Waals surface area contributed by atoms with E-state index in [1.54, 1.807) is 6.26 Å². The van der Waals surface area contributed by atoms with Crippen molar-refractivity contribution >= 4 is 62.6 Å². The van der Waals surface area contributed by atoms with Gasteiger partial charge in [-0.3, -0.25) is 9.69 Å². The topological polar surface area (TPSA) is 115 Å². The van der Waals surface area contributed by atoms with Crippen molar-refractivity contribution in [1.82, 2.24) is 15.2 Å². The molecular formula is C25H36ClN3O5S3. The Kier molecular flexibility index (Phi) is 10.1. The fourth-order valence-corrected chi connectivity index (χ4v) is 8.56. The van der Waals surface area contributed by atoms with Crippen LogP contribution in [0.1, 0.15) is 33.1 Å². The number of aliphatic hydroxyl groups is 3. The van der Waals surface area contributed by atoms with Crippen LogP contribution in [0.4, 0.5) is 0 Å². The molecule has 2 aliphatic heterocycles. The Hall–Kier alpha value is -0.630. The standard InChI is InChI=1S/C25H36ClN3O5S3/c1-5-6-13-9-16(29(3)11-13)23(33)28-18(22-20(31)19(30)21(32)24(34-22)35-4)12(2)36-25-27-15-10-14(26)7-8-17(15)37-25/h7-8,10,12-13,16,18-22,24,30-32H,5-6,9,11H2,1-4H3,(H,28,33)/t12-,13-,16-,18+,19?,20?,21?,22?,24?/m1/s1. The highest BCUT2D eigenvalue weighted by atomic mass is 35.5. The first-order valence-corrected chi connectivity index (χ1v) is 15.9. The van der Waals surface area contributed by atoms with E-state index in [0.29, 0.717) is 10.9 Å². The first-order chi connectivity index (χ1) is 17.6. The van der Waals surface area contributed by atoms with Crippen LogP contribution < -0.4 is 5.32 Å². The summed E-state index contributed by atoms with van der Waals surface area (Å²) in [6.07, 6.45) is -0.185. The van der Waals surface area contributed by atoms with Crippen molar-refractivity contribution in [2.45, 2.75) is 84.6 Å². The van der Waals surface area contributed by atoms with Crippen molar-refractivity contribution < 1.29 is 24.9 Å². The Morgan fingerprint density at radius 1 is 1.32 bits per heavy atom. The maximum atomic E-state index is 13.6. The second kappa shape index (κ2) is 12.7. The molecule has 206 valence electrons. The summed E-state index contributed by atoms with van der Waals surface area (Å²) >= 11 is 10.4. The average Bonchev–Trinajstić information content (AvgIpc) is 3.43. The minimum Gasteiger partial charge on any atom is -0.388 e. The lowest BCUT2D eigenvalue weighted by Gasteiger charge is -2.44. The third-order valence-corrected chi connectivity index (χ3v) is 10.7. The quantitative estimate of drug-likeness (QED) is 0.327. The van der Waals surface area contributed by atoms with Crippen LogP contribution in [0.3, 0.4) is 0 Å². The van der Waals surface area contributed by atoms with Gasteiger partial charge in [0.2, 0.25) is 5.91 Å². The number of amides is 1. The Labute approximate surface area is 235 Å². The highest BCUT2D eigenvalue weighted by molar-refractivity contribution is 8.01. The Balaban J connectivity index is 1.58. The smallest absolute Gasteiger partial charge is 0.237 e. The van der Waals surface area contributed by atoms with Crippen molar-refractivity contribution in [3.63, 3.8) is 0 Å². The fourth-order valence-electron chi connectivity index (χ4n) is 5.28. The number of nitrogens with zero attached hydrogens (tertiary/aromatic N) is 2. The lowest BCUT2D eigenvalue weighted by molar-refractivity contribution is -0.205. The highest BCUT2D eigenvalue weighted by Gasteiger charge is 2.49. The number of hydrogen-bond donors (Lipinski definition) is 4. The molecule has 1 amide bonds. The van der Waals surface area contributed by atoms with Crippen LogP contribution in [0.5, 0.6) is 0 Å². The minimum atomic E-state index is -1.39. The number of hydrogen-bond acceptors (Lipinski definition) is 10. The van der Waals surface area contributed by atoms with Gasteiger partial charge in [-0.2, -0.15) is 0 Å². The van der Waals surface area contributed by atoms with Gasteiger partial charge in [0.15, 0.2) is 4.34 Å². The molecule has 12 heteroatoms. The van der Waals surface area contributed by atoms with Crippen LogP contribution in [0.25, 0.3) is 10.2 Å². The summed E-state index contributed by atoms with van der Waals surface area (Å²) in [5.41, 5.74) is 0.0740. The highest BCUT2D eigenvalue weighted by Crippen LogP contribution is 2.37. The summed E-state index contributed by atoms with van der Waals surface area (Å²) in [4.78, 5) is 20.3. The van der Waals surface area contributed by atoms with E-state index in [4.69, 9.17) is 21.3 Å². The Morgan fingerprint density at radius 2 is 2.08 bits per heavy atom. The number of aliphatic hydroxyl groups excluding tert-OH is 3. The second-order valence-electron chi connectivity index (χ2n) is 9.97. The van der Waals surface area contributed by atoms with E-state index in [1.807, 2.05) is 32.2 Å². The fraction of sp³-hybridized carbons (Fsp3) is 0.680. The van der Waals surface area contributed by atoms with Crippen LogP contribution in [0.15, 0.2) is 22.5 Å². The predicted molar refractivity (Wildman–Crippen MR) is 152 cm³/mol. The molecular weight excluding hydrogens is 554 g/mol. The normalized spacial score (nSPS) is 32.5. The van der Waals surface area contributed by atoms with Crippen LogP contribution >= 0.6 is 46.5 Å². The largest absolute Gasteiger partial charge is 0.388 e. The number of likely N-dealkylation sites (N-methyl/N-ethyl adjacent to an activating group) is 1. The van der Waals surface area contributed by atoms with Crippen molar-refractivity contribution in [2.75, 3.05) is 19.8 Å². The molecule has 2 aromatic rings. The van der Waals surface area contributed by atoms with E-state index in [-0.39, 0.29) is 17.2 Å². The molecule has 37 heavy (non-hydrogen) atoms. The number of thiazole rings is 1. The summed E-state index contributed by atoms with van der Waals surface area (Å²) in [6.45, 7) is 4.98. The first kappa shape index (κ1) is 29.4. The second-order valence-corrected chi connectivity index (χ2v) is 14.0. The first-order valence-electron chi connectivity index (χ1n) is 12.6. The molecule has 4 N–H and O–H groups in total. The van der Waals surface area contributed by atoms with Gasteiger partial charge in [0.1, 0.15) is 29.9 Å². The van der Waals surface area contributed by atoms with Crippen molar-refractivity contribution in [3.05, 3.63) is 23.2 Å². The van der Waals surface area contributed by atoms with E-state index < -0.39 is 35.9 Å². The molecule has 1 aromatic carbocycles. The van der Waals surface area contributed by atoms with Gasteiger partial charge in [-0.15, -0.1) is 23.1 Å². The number of thioether (sulfide) groups is 2. The molecule has 0 radical (unpaired) electrons. The maximum absolute atomic E-state index is 13.6. The molecule has 5 unspecified atom stereocenters. The third kappa shape index (κ3) is 6.58. The summed E-state index contributed by atoms with van der Waals surface area (Å²) in [5.74, 6) is 0.353. The third-order valence-electron chi connectivity index (χ3n) is 7.26. The number of likely N-dealkylation sites (tertiary alicyclic amines) is 1. The molecule has 0 saturated carbocycles. The van der Waals surface area contributed by atoms with E-state index >= 15 is 0 Å². The molecule has 2 aliphatic rings. The van der Waals surface area contributed by atoms with Gasteiger partial charge in [0.25, 0.3) is 0 Å². The number of rotatable bonds is 9. The lowest BCUT2D eigenvalue weighted by atomic mass is 9.92. The molecule has 0 bridgehead atoms. The zero-order valence-electron chi connectivity index (χ0n) is 21.4. The van der Waals surface area contributed by atoms with Crippen LogP contribution in [0, 0.1) is 5.92 Å². The molecule has 3 heterocycles. The van der Waals surface area contributed by atoms with Gasteiger partial charge in [-0.25, -0.2) is 4.98 Å². The average molecular weight is 590 g/mol. The van der Waals surface area contributed by atoms with Crippen LogP contribution in [-0.4, -0.2) is 98.1 Å². The molecule has 0 aliphatic carbocycles. The molecule has 4 rings (SSSR count). The van der Waals surface area contributed by atoms with Gasteiger partial charge in [-0.1, -0.05) is 43.6 Å². The van der Waals surface area contributed by atoms with Gasteiger partial charge >= 0.3 is 0 Å². The summed E-state index contributed by atoms with van der Waals surface area (Å²) < 4.78 is 7.91. The number of carbonyl (C=O) groups is 1. The molecule has 9 atom stereocenters. The number of halogens is 1. The van der Waals surface area contributed by atoms with Gasteiger partial charge in [0, 0.05) is 16.8 Å². The lowest BCUT2D eigenvalue weighted by Crippen LogP contribution is -2.65. The van der Waals surface area contributed by atoms with Crippen LogP contribution in [0.2, 0.25) is 5.02 Å². The molecule has 2 fully saturated rings. The van der Waals surface area contributed by atoms with Crippen molar-refractivity contribution in [1.29, 1.82) is 0 Å². The minimum absolute atomic E-state index is 0.119. The maximum Gasteiger partial charge on any atom is 0.237 e. The number of ether oxygens (including phenoxy) is 1. The Bertz CT molecular complexity index is 1080. The SMILES string of the molecule is CCC[C@@H]1C[C@H](C(=O)N[C@H](C2OC(SC)C(O)C(O)C2O)[C@@H](C)Sc2nc3cc(Cl)ccc3s2)N(C)C1. The van der Waals surface area contributed by atoms with E-state index in [2.05, 4.69) is 17.1 Å². The number of aromatic nitrogens is 1. The summed E-state index contributed by atoms with van der Waals surface area (Å²) in [7, 11) is 1.97. The summed E-state index contributed by atoms with van der Waals surface area (Å²) in [6, 6.07) is 4.67. The predicted octanol–water partition coefficient (Wildman–Crippen LogP) is 3.21. The molecule has 8 nitrogen and oxygen atoms in total. The van der Waals surface area contributed by atoms with E-state index in [0.717, 1.165) is 40.4 Å². The number of nitrogens with one attached hydrogen (secondary N) is 1. The number of fused-ring (bicyclic) bond motifs is 1. The van der Waals surface area contributed by atoms with Crippen LogP contribution in [-0.2, 0) is 9.53 Å². The molecule has 0 spiro atoms. The zero-order valence-corrected chi connectivity index (χ0v) is 24.6. The Morgan fingerprint density at radius 3 is 2.78 bits per heavy atom. The van der Waals surface area contributed by atoms with Gasteiger partial charge in [-0.05, 0) is 50.3 Å². The van der Waals surface area contributed by atoms with E-state index in [9.17, 15) is 20.1 Å². The number of carbonyl (C=O) groups excluding carboxylic acids is 1. The monoisotopic (exact) mass is 589 g/mol.